The van der Waals surface area contributed by atoms with Gasteiger partial charge in [-0.25, -0.2) is 0 Å². The minimum atomic E-state index is -4.59. The number of hydrogen-bond acceptors (Lipinski definition) is 6. The van der Waals surface area contributed by atoms with E-state index >= 15 is 0 Å². The lowest BCUT2D eigenvalue weighted by molar-refractivity contribution is -0.137. The predicted octanol–water partition coefficient (Wildman–Crippen LogP) is 4.74. The van der Waals surface area contributed by atoms with Gasteiger partial charge in [-0.3, -0.25) is 9.59 Å². The molecule has 2 aromatic rings. The molecule has 1 heterocycles. The number of piperidine rings is 1. The highest BCUT2D eigenvalue weighted by Gasteiger charge is 2.32. The van der Waals surface area contributed by atoms with E-state index in [1.54, 1.807) is 11.8 Å². The van der Waals surface area contributed by atoms with E-state index in [-0.39, 0.29) is 35.9 Å². The average molecular weight is 580 g/mol. The van der Waals surface area contributed by atoms with E-state index in [0.29, 0.717) is 13.1 Å². The fourth-order valence-corrected chi connectivity index (χ4v) is 5.19. The zero-order valence-corrected chi connectivity index (χ0v) is 24.3. The Labute approximate surface area is 239 Å². The van der Waals surface area contributed by atoms with Crippen molar-refractivity contribution in [2.75, 3.05) is 37.8 Å². The van der Waals surface area contributed by atoms with Crippen LogP contribution in [-0.4, -0.2) is 67.3 Å². The Morgan fingerprint density at radius 3 is 2.45 bits per heavy atom. The Hall–Kier alpha value is -2.76. The van der Waals surface area contributed by atoms with Crippen LogP contribution in [0.15, 0.2) is 47.4 Å². The molecule has 2 atom stereocenters. The third-order valence-corrected chi connectivity index (χ3v) is 7.50. The van der Waals surface area contributed by atoms with Crippen molar-refractivity contribution < 1.29 is 22.8 Å². The summed E-state index contributed by atoms with van der Waals surface area (Å²) < 4.78 is 39.9. The van der Waals surface area contributed by atoms with Gasteiger partial charge in [0.05, 0.1) is 23.7 Å². The summed E-state index contributed by atoms with van der Waals surface area (Å²) in [6.07, 6.45) is -0.698. The lowest BCUT2D eigenvalue weighted by Gasteiger charge is -2.39. The zero-order valence-electron chi connectivity index (χ0n) is 23.5. The Morgan fingerprint density at radius 1 is 1.10 bits per heavy atom. The van der Waals surface area contributed by atoms with E-state index in [2.05, 4.69) is 57.4 Å². The first-order chi connectivity index (χ1) is 19.0. The number of carbonyl (C=O) groups is 2. The quantitative estimate of drug-likeness (QED) is 0.272. The molecule has 0 aromatic heterocycles. The third-order valence-electron chi connectivity index (χ3n) is 6.76. The van der Waals surface area contributed by atoms with Gasteiger partial charge in [0.2, 0.25) is 5.91 Å². The van der Waals surface area contributed by atoms with Crippen LogP contribution in [0.1, 0.15) is 55.1 Å². The van der Waals surface area contributed by atoms with Gasteiger partial charge in [-0.05, 0) is 81.9 Å². The molecule has 2 aromatic carbocycles. The van der Waals surface area contributed by atoms with Crippen molar-refractivity contribution in [1.29, 1.82) is 0 Å². The fourth-order valence-electron chi connectivity index (χ4n) is 4.78. The van der Waals surface area contributed by atoms with E-state index in [9.17, 15) is 22.8 Å². The van der Waals surface area contributed by atoms with Crippen molar-refractivity contribution in [3.63, 3.8) is 0 Å². The van der Waals surface area contributed by atoms with Crippen molar-refractivity contribution in [3.8, 4) is 0 Å². The predicted molar refractivity (Wildman–Crippen MR) is 155 cm³/mol. The molecule has 220 valence electrons. The number of nitrogens with one attached hydrogen (secondary N) is 4. The van der Waals surface area contributed by atoms with Gasteiger partial charge in [0.25, 0.3) is 5.91 Å². The number of nitrogens with zero attached hydrogens (tertiary/aromatic N) is 1. The molecule has 7 nitrogen and oxygen atoms in total. The molecule has 0 spiro atoms. The normalized spacial score (nSPS) is 18.0. The SMILES string of the molecule is CCCN1CC[C@H](NCc2ccc(SC)cc2)[C@H](NC(=O)CNC(=O)c2cc(C(F)(F)F)ccc2NC(C)C)C1. The number of halogens is 3. The number of anilines is 1. The number of benzene rings is 2. The molecule has 1 fully saturated rings. The molecule has 0 bridgehead atoms. The van der Waals surface area contributed by atoms with Crippen LogP contribution in [0, 0.1) is 0 Å². The highest BCUT2D eigenvalue weighted by Crippen LogP contribution is 2.32. The fraction of sp³-hybridized carbons (Fsp3) is 0.517. The molecular weight excluding hydrogens is 539 g/mol. The second-order valence-corrected chi connectivity index (χ2v) is 11.2. The van der Waals surface area contributed by atoms with Crippen LogP contribution in [0.4, 0.5) is 18.9 Å². The number of thioether (sulfide) groups is 1. The molecule has 1 aliphatic rings. The molecule has 0 aliphatic carbocycles. The Balaban J connectivity index is 1.64. The summed E-state index contributed by atoms with van der Waals surface area (Å²) in [4.78, 5) is 29.3. The van der Waals surface area contributed by atoms with Gasteiger partial charge in [-0.2, -0.15) is 13.2 Å². The van der Waals surface area contributed by atoms with Gasteiger partial charge in [-0.15, -0.1) is 11.8 Å². The topological polar surface area (TPSA) is 85.5 Å². The van der Waals surface area contributed by atoms with Gasteiger partial charge < -0.3 is 26.2 Å². The maximum absolute atomic E-state index is 13.3. The summed E-state index contributed by atoms with van der Waals surface area (Å²) in [6.45, 7) is 8.59. The van der Waals surface area contributed by atoms with E-state index in [4.69, 9.17) is 0 Å². The number of carbonyl (C=O) groups excluding carboxylic acids is 2. The number of likely N-dealkylation sites (tertiary alicyclic amines) is 1. The van der Waals surface area contributed by atoms with Crippen LogP contribution in [0.5, 0.6) is 0 Å². The zero-order chi connectivity index (χ0) is 29.3. The Bertz CT molecular complexity index is 1130. The molecule has 1 saturated heterocycles. The van der Waals surface area contributed by atoms with Crippen LogP contribution >= 0.6 is 11.8 Å². The van der Waals surface area contributed by atoms with E-state index in [1.807, 2.05) is 20.1 Å². The first kappa shape index (κ1) is 31.8. The van der Waals surface area contributed by atoms with Crippen LogP contribution in [0.25, 0.3) is 0 Å². The summed E-state index contributed by atoms with van der Waals surface area (Å²) >= 11 is 1.69. The van der Waals surface area contributed by atoms with Crippen molar-refractivity contribution in [2.45, 2.75) is 69.4 Å². The van der Waals surface area contributed by atoms with Gasteiger partial charge in [0.15, 0.2) is 0 Å². The summed E-state index contributed by atoms with van der Waals surface area (Å²) in [6, 6.07) is 11.1. The highest BCUT2D eigenvalue weighted by atomic mass is 32.2. The molecule has 11 heteroatoms. The molecule has 0 saturated carbocycles. The molecule has 0 unspecified atom stereocenters. The highest BCUT2D eigenvalue weighted by molar-refractivity contribution is 7.98. The Morgan fingerprint density at radius 2 is 1.82 bits per heavy atom. The average Bonchev–Trinajstić information content (AvgIpc) is 2.91. The van der Waals surface area contributed by atoms with E-state index in [0.717, 1.165) is 43.6 Å². The third kappa shape index (κ3) is 9.42. The molecule has 40 heavy (non-hydrogen) atoms. The lowest BCUT2D eigenvalue weighted by Crippen LogP contribution is -2.60. The molecule has 4 N–H and O–H groups in total. The van der Waals surface area contributed by atoms with Crippen molar-refractivity contribution in [2.24, 2.45) is 0 Å². The lowest BCUT2D eigenvalue weighted by atomic mass is 9.98. The van der Waals surface area contributed by atoms with Crippen molar-refractivity contribution >= 4 is 29.3 Å². The maximum atomic E-state index is 13.3. The largest absolute Gasteiger partial charge is 0.416 e. The van der Waals surface area contributed by atoms with Crippen LogP contribution in [0.3, 0.4) is 0 Å². The molecule has 3 rings (SSSR count). The van der Waals surface area contributed by atoms with E-state index in [1.165, 1.54) is 11.0 Å². The summed E-state index contributed by atoms with van der Waals surface area (Å²) in [5.74, 6) is -1.14. The summed E-state index contributed by atoms with van der Waals surface area (Å²) in [5, 5.41) is 12.1. The number of rotatable bonds is 12. The van der Waals surface area contributed by atoms with Gasteiger partial charge >= 0.3 is 6.18 Å². The first-order valence-electron chi connectivity index (χ1n) is 13.6. The van der Waals surface area contributed by atoms with Gasteiger partial charge in [0.1, 0.15) is 0 Å². The van der Waals surface area contributed by atoms with E-state index < -0.39 is 23.6 Å². The van der Waals surface area contributed by atoms with Crippen molar-refractivity contribution in [1.82, 2.24) is 20.9 Å². The first-order valence-corrected chi connectivity index (χ1v) is 14.9. The van der Waals surface area contributed by atoms with Crippen LogP contribution in [-0.2, 0) is 17.5 Å². The smallest absolute Gasteiger partial charge is 0.382 e. The monoisotopic (exact) mass is 579 g/mol. The Kier molecular flexibility index (Phi) is 11.7. The number of hydrogen-bond donors (Lipinski definition) is 4. The minimum Gasteiger partial charge on any atom is -0.382 e. The minimum absolute atomic E-state index is 0.0401. The molecule has 2 amide bonds. The molecule has 1 aliphatic heterocycles. The second kappa shape index (κ2) is 14.7. The van der Waals surface area contributed by atoms with Gasteiger partial charge in [0, 0.05) is 35.8 Å². The van der Waals surface area contributed by atoms with Crippen LogP contribution in [0.2, 0.25) is 0 Å². The molecular formula is C29H40F3N5O2S. The van der Waals surface area contributed by atoms with Crippen molar-refractivity contribution in [3.05, 3.63) is 59.2 Å². The summed E-state index contributed by atoms with van der Waals surface area (Å²) in [5.41, 5.74) is 0.345. The molecule has 0 radical (unpaired) electrons. The second-order valence-electron chi connectivity index (χ2n) is 10.3. The summed E-state index contributed by atoms with van der Waals surface area (Å²) in [7, 11) is 0. The maximum Gasteiger partial charge on any atom is 0.416 e. The number of amides is 2. The number of alkyl halides is 3. The van der Waals surface area contributed by atoms with Crippen LogP contribution < -0.4 is 21.3 Å². The standard InChI is InChI=1S/C29H40F3N5O2S/c1-5-13-37-14-12-25(33-16-20-6-9-22(40-4)10-7-20)26(18-37)36-27(38)17-34-28(39)23-15-21(29(30,31)32)8-11-24(23)35-19(2)3/h6-11,15,19,25-26,33,35H,5,12-14,16-18H2,1-4H3,(H,34,39)(H,36,38)/t25-,26+/m0/s1. The van der Waals surface area contributed by atoms with Gasteiger partial charge in [-0.1, -0.05) is 19.1 Å².